The van der Waals surface area contributed by atoms with Crippen LogP contribution in [0.2, 0.25) is 0 Å². The maximum atomic E-state index is 10.3. The van der Waals surface area contributed by atoms with Gasteiger partial charge in [0.25, 0.3) is 0 Å². The van der Waals surface area contributed by atoms with Gasteiger partial charge >= 0.3 is 11.4 Å². The lowest BCUT2D eigenvalue weighted by atomic mass is 10.3. The molecule has 0 aliphatic carbocycles. The Morgan fingerprint density at radius 1 is 1.42 bits per heavy atom. The third-order valence-electron chi connectivity index (χ3n) is 1.05. The van der Waals surface area contributed by atoms with Crippen LogP contribution in [0.3, 0.4) is 0 Å². The van der Waals surface area contributed by atoms with Crippen molar-refractivity contribution in [3.05, 3.63) is 27.1 Å². The van der Waals surface area contributed by atoms with Crippen LogP contribution in [-0.2, 0) is 11.4 Å². The third kappa shape index (κ3) is 2.85. The Bertz CT molecular complexity index is 316. The minimum Gasteiger partial charge on any atom is -0.379 e. The summed E-state index contributed by atoms with van der Waals surface area (Å²) in [7, 11) is 0. The molecule has 0 spiro atoms. The molecule has 1 rings (SSSR count). The van der Waals surface area contributed by atoms with E-state index in [1.54, 1.807) is 18.2 Å². The number of benzene rings is 1. The van der Waals surface area contributed by atoms with Gasteiger partial charge < -0.3 is 4.18 Å². The van der Waals surface area contributed by atoms with Crippen LogP contribution in [0, 0.1) is 0 Å². The Kier molecular flexibility index (Phi) is 3.70. The molecule has 12 heavy (non-hydrogen) atoms. The summed E-state index contributed by atoms with van der Waals surface area (Å²) in [5.74, 6) is 0.332. The van der Waals surface area contributed by atoms with Crippen LogP contribution in [0.15, 0.2) is 27.1 Å². The van der Waals surface area contributed by atoms with Crippen LogP contribution in [0.4, 0.5) is 0 Å². The molecule has 1 aromatic carbocycles. The Morgan fingerprint density at radius 2 is 2.08 bits per heavy atom. The molecule has 0 aliphatic heterocycles. The van der Waals surface area contributed by atoms with Crippen molar-refractivity contribution in [2.45, 2.75) is 0 Å². The number of hydrogen-bond donors (Lipinski definition) is 1. The van der Waals surface area contributed by atoms with Gasteiger partial charge in [0, 0.05) is 4.47 Å². The molecule has 0 amide bonds. The first-order chi connectivity index (χ1) is 5.59. The van der Waals surface area contributed by atoms with Crippen molar-refractivity contribution < 1.29 is 12.9 Å². The minimum absolute atomic E-state index is 0.332. The maximum Gasteiger partial charge on any atom is 0.357 e. The van der Waals surface area contributed by atoms with Crippen molar-refractivity contribution in [3.63, 3.8) is 0 Å². The van der Waals surface area contributed by atoms with Crippen molar-refractivity contribution in [3.8, 4) is 5.75 Å². The first-order valence-corrected chi connectivity index (χ1v) is 5.45. The van der Waals surface area contributed by atoms with Crippen LogP contribution < -0.4 is 4.18 Å². The van der Waals surface area contributed by atoms with E-state index in [-0.39, 0.29) is 0 Å². The zero-order chi connectivity index (χ0) is 9.14. The topological polar surface area (TPSA) is 46.5 Å². The number of halogens is 2. The molecule has 0 fully saturated rings. The second-order valence-corrected chi connectivity index (χ2v) is 4.25. The monoisotopic (exact) mass is 314 g/mol. The summed E-state index contributed by atoms with van der Waals surface area (Å²) < 4.78 is 24.7. The van der Waals surface area contributed by atoms with E-state index in [4.69, 9.17) is 4.55 Å². The Hall–Kier alpha value is 0.0900. The van der Waals surface area contributed by atoms with Gasteiger partial charge in [-0.15, -0.1) is 0 Å². The lowest BCUT2D eigenvalue weighted by Gasteiger charge is -2.02. The molecule has 0 aliphatic rings. The summed E-state index contributed by atoms with van der Waals surface area (Å²) in [5.41, 5.74) is 0. The first-order valence-electron chi connectivity index (χ1n) is 2.84. The van der Waals surface area contributed by atoms with E-state index in [1.807, 2.05) is 0 Å². The summed E-state index contributed by atoms with van der Waals surface area (Å²) >= 11 is 4.13. The van der Waals surface area contributed by atoms with Crippen LogP contribution in [0.25, 0.3) is 0 Å². The highest BCUT2D eigenvalue weighted by Crippen LogP contribution is 2.28. The van der Waals surface area contributed by atoms with Gasteiger partial charge in [0.15, 0.2) is 5.75 Å². The van der Waals surface area contributed by atoms with Gasteiger partial charge in [-0.3, -0.25) is 4.55 Å². The van der Waals surface area contributed by atoms with Gasteiger partial charge in [-0.25, -0.2) is 0 Å². The van der Waals surface area contributed by atoms with Crippen molar-refractivity contribution >= 4 is 43.2 Å². The largest absolute Gasteiger partial charge is 0.379 e. The van der Waals surface area contributed by atoms with Gasteiger partial charge in [-0.2, -0.15) is 4.21 Å². The zero-order valence-electron chi connectivity index (χ0n) is 5.66. The Morgan fingerprint density at radius 3 is 2.58 bits per heavy atom. The SMILES string of the molecule is O=S(O)Oc1ccc(Br)cc1Br. The van der Waals surface area contributed by atoms with E-state index in [9.17, 15) is 4.21 Å². The minimum atomic E-state index is -2.28. The average Bonchev–Trinajstić information content (AvgIpc) is 1.94. The molecular formula is C6H4Br2O3S. The smallest absolute Gasteiger partial charge is 0.357 e. The number of hydrogen-bond acceptors (Lipinski definition) is 2. The summed E-state index contributed by atoms with van der Waals surface area (Å²) in [5, 5.41) is 0. The fourth-order valence-electron chi connectivity index (χ4n) is 0.620. The quantitative estimate of drug-likeness (QED) is 0.854. The van der Waals surface area contributed by atoms with Gasteiger partial charge in [-0.1, -0.05) is 15.9 Å². The highest BCUT2D eigenvalue weighted by molar-refractivity contribution is 9.11. The summed E-state index contributed by atoms with van der Waals surface area (Å²) in [4.78, 5) is 0. The molecule has 0 radical (unpaired) electrons. The predicted molar refractivity (Wildman–Crippen MR) is 53.2 cm³/mol. The van der Waals surface area contributed by atoms with Crippen LogP contribution >= 0.6 is 31.9 Å². The molecule has 0 bridgehead atoms. The zero-order valence-corrected chi connectivity index (χ0v) is 9.65. The predicted octanol–water partition coefficient (Wildman–Crippen LogP) is 2.73. The van der Waals surface area contributed by atoms with E-state index in [2.05, 4.69) is 36.0 Å². The lowest BCUT2D eigenvalue weighted by molar-refractivity contribution is 0.456. The number of rotatable bonds is 2. The van der Waals surface area contributed by atoms with E-state index in [0.29, 0.717) is 10.2 Å². The van der Waals surface area contributed by atoms with Crippen LogP contribution in [0.5, 0.6) is 5.75 Å². The molecule has 0 heterocycles. The maximum absolute atomic E-state index is 10.3. The molecule has 66 valence electrons. The molecule has 1 unspecified atom stereocenters. The molecule has 1 aromatic rings. The van der Waals surface area contributed by atoms with Gasteiger partial charge in [0.1, 0.15) is 0 Å². The van der Waals surface area contributed by atoms with E-state index in [1.165, 1.54) is 0 Å². The van der Waals surface area contributed by atoms with Gasteiger partial charge in [0.05, 0.1) is 4.47 Å². The van der Waals surface area contributed by atoms with Crippen LogP contribution in [0.1, 0.15) is 0 Å². The van der Waals surface area contributed by atoms with E-state index >= 15 is 0 Å². The molecular weight excluding hydrogens is 312 g/mol. The highest BCUT2D eigenvalue weighted by atomic mass is 79.9. The van der Waals surface area contributed by atoms with E-state index in [0.717, 1.165) is 4.47 Å². The van der Waals surface area contributed by atoms with Gasteiger partial charge in [-0.05, 0) is 34.1 Å². The molecule has 0 aromatic heterocycles. The summed E-state index contributed by atoms with van der Waals surface area (Å²) in [6.07, 6.45) is 0. The normalized spacial score (nSPS) is 12.6. The van der Waals surface area contributed by atoms with Crippen molar-refractivity contribution in [1.29, 1.82) is 0 Å². The highest BCUT2D eigenvalue weighted by Gasteiger charge is 2.03. The third-order valence-corrected chi connectivity index (χ3v) is 2.49. The fraction of sp³-hybridized carbons (Fsp3) is 0. The fourth-order valence-corrected chi connectivity index (χ4v) is 2.15. The molecule has 1 N–H and O–H groups in total. The molecule has 6 heteroatoms. The summed E-state index contributed by atoms with van der Waals surface area (Å²) in [6, 6.07) is 5.03. The summed E-state index contributed by atoms with van der Waals surface area (Å²) in [6.45, 7) is 0. The standard InChI is InChI=1S/C6H4Br2O3S/c7-4-1-2-6(5(8)3-4)11-12(9)10/h1-3H,(H,9,10). The molecule has 0 saturated carbocycles. The van der Waals surface area contributed by atoms with Crippen molar-refractivity contribution in [2.75, 3.05) is 0 Å². The first kappa shape index (κ1) is 10.2. The second kappa shape index (κ2) is 4.36. The second-order valence-electron chi connectivity index (χ2n) is 1.88. The lowest BCUT2D eigenvalue weighted by Crippen LogP contribution is -1.97. The van der Waals surface area contributed by atoms with Crippen molar-refractivity contribution in [2.24, 2.45) is 0 Å². The average molecular weight is 316 g/mol. The Balaban J connectivity index is 2.93. The van der Waals surface area contributed by atoms with Crippen LogP contribution in [-0.4, -0.2) is 8.76 Å². The Labute approximate surface area is 88.9 Å². The molecule has 0 saturated heterocycles. The van der Waals surface area contributed by atoms with Crippen molar-refractivity contribution in [1.82, 2.24) is 0 Å². The molecule has 1 atom stereocenters. The van der Waals surface area contributed by atoms with Gasteiger partial charge in [0.2, 0.25) is 0 Å². The van der Waals surface area contributed by atoms with E-state index < -0.39 is 11.4 Å². The molecule has 3 nitrogen and oxygen atoms in total.